The first-order chi connectivity index (χ1) is 19.6. The molecule has 0 saturated carbocycles. The van der Waals surface area contributed by atoms with Gasteiger partial charge in [-0.3, -0.25) is 9.59 Å². The molecule has 0 N–H and O–H groups in total. The number of hydrogen-bond donors (Lipinski definition) is 0. The molecule has 206 valence electrons. The summed E-state index contributed by atoms with van der Waals surface area (Å²) >= 11 is 0. The number of benzene rings is 4. The van der Waals surface area contributed by atoms with Gasteiger partial charge in [-0.05, 0) is 79.2 Å². The highest BCUT2D eigenvalue weighted by molar-refractivity contribution is 6.16. The van der Waals surface area contributed by atoms with Crippen LogP contribution in [0.5, 0.6) is 23.0 Å². The SMILES string of the molecule is CCCCCCCCCC(C(=O)c1ccc(Oc2ccccc2)cc1)C(=O)c1ccc(Oc2ccccc2)cc1. The van der Waals surface area contributed by atoms with Crippen molar-refractivity contribution >= 4 is 11.6 Å². The van der Waals surface area contributed by atoms with E-state index in [1.807, 2.05) is 60.7 Å². The van der Waals surface area contributed by atoms with Crippen LogP contribution in [-0.2, 0) is 0 Å². The topological polar surface area (TPSA) is 52.6 Å². The second-order valence-corrected chi connectivity index (χ2v) is 10.1. The molecule has 0 aliphatic heterocycles. The summed E-state index contributed by atoms with van der Waals surface area (Å²) in [5, 5.41) is 0. The molecule has 0 atom stereocenters. The largest absolute Gasteiger partial charge is 0.457 e. The molecule has 4 aromatic rings. The minimum atomic E-state index is -0.725. The number of carbonyl (C=O) groups excluding carboxylic acids is 2. The number of unbranched alkanes of at least 4 members (excludes halogenated alkanes) is 6. The highest BCUT2D eigenvalue weighted by Crippen LogP contribution is 2.27. The number of ketones is 2. The fourth-order valence-electron chi connectivity index (χ4n) is 4.71. The summed E-state index contributed by atoms with van der Waals surface area (Å²) in [5.74, 6) is 1.73. The van der Waals surface area contributed by atoms with Gasteiger partial charge in [0.15, 0.2) is 11.6 Å². The van der Waals surface area contributed by atoms with Crippen molar-refractivity contribution in [1.29, 1.82) is 0 Å². The van der Waals surface area contributed by atoms with Gasteiger partial charge in [0.2, 0.25) is 0 Å². The normalized spacial score (nSPS) is 10.8. The Morgan fingerprint density at radius 3 is 1.30 bits per heavy atom. The average molecular weight is 535 g/mol. The molecule has 0 aliphatic carbocycles. The van der Waals surface area contributed by atoms with Crippen molar-refractivity contribution in [3.8, 4) is 23.0 Å². The van der Waals surface area contributed by atoms with Crippen molar-refractivity contribution < 1.29 is 19.1 Å². The molecule has 0 amide bonds. The first kappa shape index (κ1) is 28.8. The lowest BCUT2D eigenvalue weighted by Crippen LogP contribution is -2.24. The number of rotatable bonds is 16. The molecule has 4 rings (SSSR count). The van der Waals surface area contributed by atoms with Crippen molar-refractivity contribution in [2.75, 3.05) is 0 Å². The molecule has 0 radical (unpaired) electrons. The third kappa shape index (κ3) is 8.67. The summed E-state index contributed by atoms with van der Waals surface area (Å²) in [6, 6.07) is 33.2. The highest BCUT2D eigenvalue weighted by Gasteiger charge is 2.28. The first-order valence-corrected chi connectivity index (χ1v) is 14.4. The smallest absolute Gasteiger partial charge is 0.173 e. The summed E-state index contributed by atoms with van der Waals surface area (Å²) in [7, 11) is 0. The van der Waals surface area contributed by atoms with E-state index in [0.717, 1.165) is 30.8 Å². The summed E-state index contributed by atoms with van der Waals surface area (Å²) in [4.78, 5) is 27.3. The Morgan fingerprint density at radius 1 is 0.500 bits per heavy atom. The molecule has 0 bridgehead atoms. The second kappa shape index (κ2) is 15.4. The van der Waals surface area contributed by atoms with E-state index in [1.54, 1.807) is 48.5 Å². The van der Waals surface area contributed by atoms with Crippen molar-refractivity contribution in [1.82, 2.24) is 0 Å². The van der Waals surface area contributed by atoms with E-state index in [-0.39, 0.29) is 11.6 Å². The zero-order valence-corrected chi connectivity index (χ0v) is 23.3. The Balaban J connectivity index is 1.44. The Labute approximate surface area is 238 Å². The van der Waals surface area contributed by atoms with Gasteiger partial charge in [0.05, 0.1) is 5.92 Å². The predicted molar refractivity (Wildman–Crippen MR) is 161 cm³/mol. The lowest BCUT2D eigenvalue weighted by atomic mass is 9.86. The van der Waals surface area contributed by atoms with Crippen LogP contribution in [-0.4, -0.2) is 11.6 Å². The van der Waals surface area contributed by atoms with Gasteiger partial charge >= 0.3 is 0 Å². The Hall–Kier alpha value is -4.18. The molecule has 0 heterocycles. The quantitative estimate of drug-likeness (QED) is 0.0815. The van der Waals surface area contributed by atoms with Gasteiger partial charge < -0.3 is 9.47 Å². The van der Waals surface area contributed by atoms with Crippen LogP contribution in [0.4, 0.5) is 0 Å². The maximum Gasteiger partial charge on any atom is 0.173 e. The van der Waals surface area contributed by atoms with Crippen molar-refractivity contribution in [2.45, 2.75) is 58.3 Å². The maximum absolute atomic E-state index is 13.7. The molecule has 0 saturated heterocycles. The van der Waals surface area contributed by atoms with Gasteiger partial charge in [0.1, 0.15) is 23.0 Å². The lowest BCUT2D eigenvalue weighted by Gasteiger charge is -2.16. The van der Waals surface area contributed by atoms with Crippen molar-refractivity contribution in [3.05, 3.63) is 120 Å². The fourth-order valence-corrected chi connectivity index (χ4v) is 4.71. The molecular formula is C36H38O4. The monoisotopic (exact) mass is 534 g/mol. The van der Waals surface area contributed by atoms with Crippen LogP contribution in [0.3, 0.4) is 0 Å². The number of Topliss-reactive ketones (excluding diaryl/α,β-unsaturated/α-hetero) is 2. The van der Waals surface area contributed by atoms with Gasteiger partial charge in [-0.25, -0.2) is 0 Å². The van der Waals surface area contributed by atoms with E-state index in [4.69, 9.17) is 9.47 Å². The standard InChI is InChI=1S/C36H38O4/c1-2-3-4-5-6-7-14-19-34(35(37)28-20-24-32(25-21-28)39-30-15-10-8-11-16-30)36(38)29-22-26-33(27-23-29)40-31-17-12-9-13-18-31/h8-13,15-18,20-27,34H,2-7,14,19H2,1H3. The van der Waals surface area contributed by atoms with Crippen LogP contribution in [0.25, 0.3) is 0 Å². The van der Waals surface area contributed by atoms with Crippen LogP contribution in [0.1, 0.15) is 79.0 Å². The molecular weight excluding hydrogens is 496 g/mol. The molecule has 4 heteroatoms. The van der Waals surface area contributed by atoms with E-state index < -0.39 is 5.92 Å². The Kier molecular flexibility index (Phi) is 11.1. The molecule has 0 unspecified atom stereocenters. The number of para-hydroxylation sites is 2. The molecule has 0 spiro atoms. The summed E-state index contributed by atoms with van der Waals surface area (Å²) in [6.45, 7) is 2.21. The van der Waals surface area contributed by atoms with E-state index >= 15 is 0 Å². The molecule has 40 heavy (non-hydrogen) atoms. The zero-order chi connectivity index (χ0) is 28.0. The molecule has 0 fully saturated rings. The van der Waals surface area contributed by atoms with Gasteiger partial charge in [-0.2, -0.15) is 0 Å². The molecule has 4 nitrogen and oxygen atoms in total. The molecule has 0 aliphatic rings. The van der Waals surface area contributed by atoms with E-state index in [1.165, 1.54) is 25.7 Å². The third-order valence-corrected chi connectivity index (χ3v) is 6.96. The van der Waals surface area contributed by atoms with Gasteiger partial charge in [0.25, 0.3) is 0 Å². The minimum absolute atomic E-state index is 0.146. The van der Waals surface area contributed by atoms with Crippen molar-refractivity contribution in [3.63, 3.8) is 0 Å². The van der Waals surface area contributed by atoms with Crippen LogP contribution in [0, 0.1) is 5.92 Å². The Bertz CT molecular complexity index is 1220. The van der Waals surface area contributed by atoms with Crippen LogP contribution in [0.2, 0.25) is 0 Å². The summed E-state index contributed by atoms with van der Waals surface area (Å²) < 4.78 is 11.7. The molecule has 4 aromatic carbocycles. The molecule has 0 aromatic heterocycles. The predicted octanol–water partition coefficient (Wildman–Crippen LogP) is 10.1. The number of ether oxygens (including phenoxy) is 2. The van der Waals surface area contributed by atoms with Crippen LogP contribution >= 0.6 is 0 Å². The highest BCUT2D eigenvalue weighted by atomic mass is 16.5. The maximum atomic E-state index is 13.7. The van der Waals surface area contributed by atoms with Crippen LogP contribution in [0.15, 0.2) is 109 Å². The Morgan fingerprint density at radius 2 is 0.875 bits per heavy atom. The van der Waals surface area contributed by atoms with E-state index in [2.05, 4.69) is 6.92 Å². The second-order valence-electron chi connectivity index (χ2n) is 10.1. The third-order valence-electron chi connectivity index (χ3n) is 6.96. The fraction of sp³-hybridized carbons (Fsp3) is 0.278. The van der Waals surface area contributed by atoms with Gasteiger partial charge in [-0.1, -0.05) is 88.3 Å². The number of hydrogen-bond acceptors (Lipinski definition) is 4. The average Bonchev–Trinajstić information content (AvgIpc) is 3.00. The first-order valence-electron chi connectivity index (χ1n) is 14.4. The summed E-state index contributed by atoms with van der Waals surface area (Å²) in [6.07, 6.45) is 8.46. The lowest BCUT2D eigenvalue weighted by molar-refractivity contribution is 0.0797. The van der Waals surface area contributed by atoms with Crippen LogP contribution < -0.4 is 9.47 Å². The van der Waals surface area contributed by atoms with E-state index in [9.17, 15) is 9.59 Å². The van der Waals surface area contributed by atoms with E-state index in [0.29, 0.717) is 29.0 Å². The van der Waals surface area contributed by atoms with Gasteiger partial charge in [0, 0.05) is 11.1 Å². The van der Waals surface area contributed by atoms with Crippen molar-refractivity contribution in [2.24, 2.45) is 5.92 Å². The minimum Gasteiger partial charge on any atom is -0.457 e. The number of carbonyl (C=O) groups is 2. The summed E-state index contributed by atoms with van der Waals surface area (Å²) in [5.41, 5.74) is 1.04. The zero-order valence-electron chi connectivity index (χ0n) is 23.3. The van der Waals surface area contributed by atoms with Gasteiger partial charge in [-0.15, -0.1) is 0 Å².